The van der Waals surface area contributed by atoms with E-state index in [1.165, 1.54) is 16.7 Å². The Morgan fingerprint density at radius 1 is 1.14 bits per heavy atom. The smallest absolute Gasteiger partial charge is 0.0381 e. The largest absolute Gasteiger partial charge is 0.398 e. The van der Waals surface area contributed by atoms with Crippen molar-refractivity contribution in [2.75, 3.05) is 5.73 Å². The summed E-state index contributed by atoms with van der Waals surface area (Å²) in [5, 5.41) is 0. The van der Waals surface area contributed by atoms with Gasteiger partial charge in [0.05, 0.1) is 0 Å². The molecule has 0 aliphatic rings. The second-order valence-electron chi connectivity index (χ2n) is 4.12. The van der Waals surface area contributed by atoms with Gasteiger partial charge in [-0.05, 0) is 35.4 Å². The van der Waals surface area contributed by atoms with Crippen LogP contribution in [0.25, 0.3) is 0 Å². The van der Waals surface area contributed by atoms with Crippen molar-refractivity contribution in [3.63, 3.8) is 0 Å². The predicted molar refractivity (Wildman–Crippen MR) is 63.7 cm³/mol. The molecule has 0 unspecified atom stereocenters. The maximum Gasteiger partial charge on any atom is 0.0381 e. The van der Waals surface area contributed by atoms with E-state index in [9.17, 15) is 0 Å². The van der Waals surface area contributed by atoms with E-state index in [1.54, 1.807) is 0 Å². The maximum absolute atomic E-state index is 6.12. The van der Waals surface area contributed by atoms with E-state index in [4.69, 9.17) is 5.73 Å². The van der Waals surface area contributed by atoms with Gasteiger partial charge in [-0.3, -0.25) is 0 Å². The molecule has 1 nitrogen and oxygen atoms in total. The van der Waals surface area contributed by atoms with Crippen LogP contribution in [-0.2, 0) is 12.8 Å². The first kappa shape index (κ1) is 11.1. The van der Waals surface area contributed by atoms with Gasteiger partial charge in [-0.1, -0.05) is 39.8 Å². The third-order valence-electron chi connectivity index (χ3n) is 2.77. The maximum atomic E-state index is 6.12. The molecular weight excluding hydrogens is 170 g/mol. The second kappa shape index (κ2) is 4.50. The van der Waals surface area contributed by atoms with Crippen LogP contribution in [0.3, 0.4) is 0 Å². The van der Waals surface area contributed by atoms with Gasteiger partial charge in [0.2, 0.25) is 0 Å². The zero-order chi connectivity index (χ0) is 10.7. The van der Waals surface area contributed by atoms with Crippen LogP contribution in [0.1, 0.15) is 50.3 Å². The fourth-order valence-corrected chi connectivity index (χ4v) is 1.78. The van der Waals surface area contributed by atoms with E-state index >= 15 is 0 Å². The monoisotopic (exact) mass is 191 g/mol. The lowest BCUT2D eigenvalue weighted by molar-refractivity contribution is 0.861. The number of nitrogen functional groups attached to an aromatic ring is 1. The SMILES string of the molecule is CCc1cc(CC)c(N)c(C(C)C)c1. The van der Waals surface area contributed by atoms with Crippen molar-refractivity contribution < 1.29 is 0 Å². The zero-order valence-electron chi connectivity index (χ0n) is 9.72. The van der Waals surface area contributed by atoms with Crippen molar-refractivity contribution in [2.24, 2.45) is 0 Å². The summed E-state index contributed by atoms with van der Waals surface area (Å²) in [6, 6.07) is 4.49. The molecule has 0 aliphatic carbocycles. The van der Waals surface area contributed by atoms with Gasteiger partial charge >= 0.3 is 0 Å². The summed E-state index contributed by atoms with van der Waals surface area (Å²) in [4.78, 5) is 0. The first-order chi connectivity index (χ1) is 6.60. The van der Waals surface area contributed by atoms with Gasteiger partial charge in [-0.2, -0.15) is 0 Å². The Labute approximate surface area is 87.3 Å². The standard InChI is InChI=1S/C13H21N/c1-5-10-7-11(6-2)13(14)12(8-10)9(3)4/h7-9H,5-6,14H2,1-4H3. The second-order valence-corrected chi connectivity index (χ2v) is 4.12. The molecule has 1 heteroatoms. The van der Waals surface area contributed by atoms with E-state index in [0.29, 0.717) is 5.92 Å². The van der Waals surface area contributed by atoms with Crippen molar-refractivity contribution in [1.82, 2.24) is 0 Å². The van der Waals surface area contributed by atoms with E-state index in [1.807, 2.05) is 0 Å². The van der Waals surface area contributed by atoms with Crippen LogP contribution >= 0.6 is 0 Å². The summed E-state index contributed by atoms with van der Waals surface area (Å²) in [5.41, 5.74) is 11.1. The third-order valence-corrected chi connectivity index (χ3v) is 2.77. The minimum absolute atomic E-state index is 0.520. The minimum Gasteiger partial charge on any atom is -0.398 e. The molecule has 1 rings (SSSR count). The van der Waals surface area contributed by atoms with Crippen LogP contribution in [0.4, 0.5) is 5.69 Å². The lowest BCUT2D eigenvalue weighted by Crippen LogP contribution is -2.02. The highest BCUT2D eigenvalue weighted by molar-refractivity contribution is 5.57. The fourth-order valence-electron chi connectivity index (χ4n) is 1.78. The van der Waals surface area contributed by atoms with Crippen LogP contribution < -0.4 is 5.73 Å². The van der Waals surface area contributed by atoms with Crippen LogP contribution in [0.15, 0.2) is 12.1 Å². The summed E-state index contributed by atoms with van der Waals surface area (Å²) >= 11 is 0. The Kier molecular flexibility index (Phi) is 3.56. The highest BCUT2D eigenvalue weighted by Gasteiger charge is 2.09. The molecule has 0 heterocycles. The number of hydrogen-bond acceptors (Lipinski definition) is 1. The first-order valence-corrected chi connectivity index (χ1v) is 5.51. The van der Waals surface area contributed by atoms with Crippen LogP contribution in [-0.4, -0.2) is 0 Å². The Morgan fingerprint density at radius 2 is 1.79 bits per heavy atom. The Hall–Kier alpha value is -0.980. The highest BCUT2D eigenvalue weighted by atomic mass is 14.6. The molecule has 14 heavy (non-hydrogen) atoms. The van der Waals surface area contributed by atoms with Crippen molar-refractivity contribution in [3.8, 4) is 0 Å². The molecule has 0 aromatic heterocycles. The predicted octanol–water partition coefficient (Wildman–Crippen LogP) is 3.52. The molecule has 0 radical (unpaired) electrons. The number of aryl methyl sites for hydroxylation is 2. The molecule has 2 N–H and O–H groups in total. The average molecular weight is 191 g/mol. The minimum atomic E-state index is 0.520. The van der Waals surface area contributed by atoms with E-state index in [2.05, 4.69) is 39.8 Å². The average Bonchev–Trinajstić information content (AvgIpc) is 2.17. The topological polar surface area (TPSA) is 26.0 Å². The summed E-state index contributed by atoms with van der Waals surface area (Å²) in [5.74, 6) is 0.520. The van der Waals surface area contributed by atoms with Crippen molar-refractivity contribution >= 4 is 5.69 Å². The Bertz CT molecular complexity index is 313. The number of hydrogen-bond donors (Lipinski definition) is 1. The third kappa shape index (κ3) is 2.09. The molecule has 1 aromatic rings. The number of anilines is 1. The molecule has 78 valence electrons. The molecule has 0 fully saturated rings. The summed E-state index contributed by atoms with van der Waals surface area (Å²) < 4.78 is 0. The van der Waals surface area contributed by atoms with Crippen LogP contribution in [0, 0.1) is 0 Å². The molecule has 0 aliphatic heterocycles. The molecule has 1 aromatic carbocycles. The van der Waals surface area contributed by atoms with E-state index in [-0.39, 0.29) is 0 Å². The molecule has 0 bridgehead atoms. The lowest BCUT2D eigenvalue weighted by Gasteiger charge is -2.15. The zero-order valence-corrected chi connectivity index (χ0v) is 9.72. The quantitative estimate of drug-likeness (QED) is 0.727. The molecular formula is C13H21N. The van der Waals surface area contributed by atoms with Gasteiger partial charge in [0, 0.05) is 5.69 Å². The Morgan fingerprint density at radius 3 is 2.21 bits per heavy atom. The normalized spacial score (nSPS) is 10.9. The molecule has 0 saturated carbocycles. The summed E-state index contributed by atoms with van der Waals surface area (Å²) in [7, 11) is 0. The van der Waals surface area contributed by atoms with E-state index in [0.717, 1.165) is 18.5 Å². The summed E-state index contributed by atoms with van der Waals surface area (Å²) in [6.07, 6.45) is 2.12. The van der Waals surface area contributed by atoms with Gasteiger partial charge in [0.15, 0.2) is 0 Å². The highest BCUT2D eigenvalue weighted by Crippen LogP contribution is 2.27. The fraction of sp³-hybridized carbons (Fsp3) is 0.538. The molecule has 0 saturated heterocycles. The summed E-state index contributed by atoms with van der Waals surface area (Å²) in [6.45, 7) is 8.75. The lowest BCUT2D eigenvalue weighted by atomic mass is 9.93. The number of rotatable bonds is 3. The van der Waals surface area contributed by atoms with Gasteiger partial charge in [-0.25, -0.2) is 0 Å². The molecule has 0 spiro atoms. The van der Waals surface area contributed by atoms with Crippen molar-refractivity contribution in [3.05, 3.63) is 28.8 Å². The van der Waals surface area contributed by atoms with Gasteiger partial charge in [0.1, 0.15) is 0 Å². The van der Waals surface area contributed by atoms with E-state index < -0.39 is 0 Å². The van der Waals surface area contributed by atoms with Crippen molar-refractivity contribution in [1.29, 1.82) is 0 Å². The van der Waals surface area contributed by atoms with Gasteiger partial charge < -0.3 is 5.73 Å². The van der Waals surface area contributed by atoms with Crippen molar-refractivity contribution in [2.45, 2.75) is 46.5 Å². The van der Waals surface area contributed by atoms with Crippen LogP contribution in [0.5, 0.6) is 0 Å². The molecule has 0 amide bonds. The first-order valence-electron chi connectivity index (χ1n) is 5.51. The van der Waals surface area contributed by atoms with Gasteiger partial charge in [-0.15, -0.1) is 0 Å². The van der Waals surface area contributed by atoms with Crippen LogP contribution in [0.2, 0.25) is 0 Å². The number of benzene rings is 1. The van der Waals surface area contributed by atoms with Gasteiger partial charge in [0.25, 0.3) is 0 Å². The number of nitrogens with two attached hydrogens (primary N) is 1. The molecule has 0 atom stereocenters. The Balaban J connectivity index is 3.27.